The number of aryl methyl sites for hydroxylation is 1. The zero-order valence-electron chi connectivity index (χ0n) is 19.5. The van der Waals surface area contributed by atoms with Crippen molar-refractivity contribution in [3.8, 4) is 11.4 Å². The van der Waals surface area contributed by atoms with E-state index in [9.17, 15) is 9.18 Å². The second kappa shape index (κ2) is 11.0. The van der Waals surface area contributed by atoms with E-state index in [-0.39, 0.29) is 18.1 Å². The average molecular weight is 490 g/mol. The first-order valence-corrected chi connectivity index (χ1v) is 11.5. The molecule has 1 N–H and O–H groups in total. The van der Waals surface area contributed by atoms with E-state index in [1.165, 1.54) is 12.1 Å². The van der Waals surface area contributed by atoms with E-state index >= 15 is 0 Å². The van der Waals surface area contributed by atoms with E-state index in [0.717, 1.165) is 39.5 Å². The topological polar surface area (TPSA) is 55.6 Å². The summed E-state index contributed by atoms with van der Waals surface area (Å²) in [6.07, 6.45) is 1.76. The van der Waals surface area contributed by atoms with Crippen LogP contribution in [0.2, 0.25) is 5.02 Å². The molecule has 0 aliphatic carbocycles. The fourth-order valence-electron chi connectivity index (χ4n) is 3.76. The minimum atomic E-state index is -0.331. The normalized spacial score (nSPS) is 11.1. The van der Waals surface area contributed by atoms with Gasteiger partial charge in [0.15, 0.2) is 0 Å². The van der Waals surface area contributed by atoms with Crippen LogP contribution < -0.4 is 10.2 Å². The number of nitrogens with one attached hydrogen (secondary N) is 1. The molecule has 0 fully saturated rings. The number of hydrogen-bond acceptors (Lipinski definition) is 3. The molecule has 0 bridgehead atoms. The van der Waals surface area contributed by atoms with Crippen molar-refractivity contribution in [2.24, 2.45) is 5.10 Å². The summed E-state index contributed by atoms with van der Waals surface area (Å²) in [6, 6.07) is 23.3. The summed E-state index contributed by atoms with van der Waals surface area (Å²) in [5, 5.41) is 4.80. The number of hydrogen-bond donors (Lipinski definition) is 1. The van der Waals surface area contributed by atoms with Crippen LogP contribution in [0.3, 0.4) is 0 Å². The number of carbonyl (C=O) groups is 1. The zero-order valence-corrected chi connectivity index (χ0v) is 20.2. The average Bonchev–Trinajstić information content (AvgIpc) is 3.13. The molecule has 0 radical (unpaired) electrons. The number of halogens is 2. The fraction of sp³-hybridized carbons (Fsp3) is 0.143. The van der Waals surface area contributed by atoms with Gasteiger partial charge in [-0.05, 0) is 79.6 Å². The highest BCUT2D eigenvalue weighted by Crippen LogP contribution is 2.23. The van der Waals surface area contributed by atoms with Crippen molar-refractivity contribution >= 4 is 23.7 Å². The van der Waals surface area contributed by atoms with Gasteiger partial charge in [-0.15, -0.1) is 0 Å². The van der Waals surface area contributed by atoms with Gasteiger partial charge in [-0.1, -0.05) is 35.9 Å². The molecule has 0 saturated carbocycles. The SMILES string of the molecule is Cc1cc(/C=N/NC(=O)Cc2ccc(F)cc2)c(C)n1-c1ccc(OCc2ccc(Cl)cc2)cc1. The lowest BCUT2D eigenvalue weighted by Crippen LogP contribution is -2.19. The lowest BCUT2D eigenvalue weighted by Gasteiger charge is -2.11. The number of nitrogens with zero attached hydrogens (tertiary/aromatic N) is 2. The molecule has 4 aromatic rings. The number of ether oxygens (including phenoxy) is 1. The maximum absolute atomic E-state index is 13.0. The largest absolute Gasteiger partial charge is 0.489 e. The third-order valence-electron chi connectivity index (χ3n) is 5.55. The van der Waals surface area contributed by atoms with Crippen LogP contribution in [-0.2, 0) is 17.8 Å². The Morgan fingerprint density at radius 3 is 2.34 bits per heavy atom. The maximum Gasteiger partial charge on any atom is 0.244 e. The van der Waals surface area contributed by atoms with E-state index < -0.39 is 0 Å². The zero-order chi connectivity index (χ0) is 24.8. The van der Waals surface area contributed by atoms with Crippen molar-refractivity contribution in [1.82, 2.24) is 9.99 Å². The second-order valence-electron chi connectivity index (χ2n) is 8.17. The van der Waals surface area contributed by atoms with Gasteiger partial charge in [0.25, 0.3) is 0 Å². The maximum atomic E-state index is 13.0. The summed E-state index contributed by atoms with van der Waals surface area (Å²) in [5.74, 6) is 0.176. The van der Waals surface area contributed by atoms with E-state index in [0.29, 0.717) is 11.6 Å². The third-order valence-corrected chi connectivity index (χ3v) is 5.81. The van der Waals surface area contributed by atoms with Gasteiger partial charge in [0.2, 0.25) is 5.91 Å². The Kier molecular flexibility index (Phi) is 7.63. The second-order valence-corrected chi connectivity index (χ2v) is 8.60. The smallest absolute Gasteiger partial charge is 0.244 e. The fourth-order valence-corrected chi connectivity index (χ4v) is 3.88. The van der Waals surface area contributed by atoms with Crippen LogP contribution in [0.25, 0.3) is 5.69 Å². The monoisotopic (exact) mass is 489 g/mol. The Balaban J connectivity index is 1.38. The van der Waals surface area contributed by atoms with Gasteiger partial charge in [0.1, 0.15) is 18.2 Å². The van der Waals surface area contributed by atoms with Crippen LogP contribution in [-0.4, -0.2) is 16.7 Å². The Bertz CT molecular complexity index is 1330. The standard InChI is InChI=1S/C28H25ClFN3O2/c1-19-15-23(17-31-32-28(34)16-21-5-9-25(30)10-6-21)20(2)33(19)26-11-13-27(14-12-26)35-18-22-3-7-24(29)8-4-22/h3-15,17H,16,18H2,1-2H3,(H,32,34)/b31-17+. The minimum Gasteiger partial charge on any atom is -0.489 e. The van der Waals surface area contributed by atoms with Gasteiger partial charge in [0, 0.05) is 27.7 Å². The summed E-state index contributed by atoms with van der Waals surface area (Å²) in [5.41, 5.74) is 8.23. The summed E-state index contributed by atoms with van der Waals surface area (Å²) >= 11 is 5.93. The number of rotatable bonds is 8. The molecular formula is C28H25ClFN3O2. The summed E-state index contributed by atoms with van der Waals surface area (Å²) in [7, 11) is 0. The first kappa shape index (κ1) is 24.2. The van der Waals surface area contributed by atoms with E-state index in [1.54, 1.807) is 18.3 Å². The molecule has 5 nitrogen and oxygen atoms in total. The van der Waals surface area contributed by atoms with Crippen molar-refractivity contribution in [3.05, 3.63) is 118 Å². The molecule has 35 heavy (non-hydrogen) atoms. The van der Waals surface area contributed by atoms with Gasteiger partial charge in [-0.2, -0.15) is 5.10 Å². The molecule has 1 aromatic heterocycles. The number of aromatic nitrogens is 1. The molecular weight excluding hydrogens is 465 g/mol. The lowest BCUT2D eigenvalue weighted by molar-refractivity contribution is -0.120. The van der Waals surface area contributed by atoms with Gasteiger partial charge in [-0.25, -0.2) is 9.82 Å². The number of amides is 1. The van der Waals surface area contributed by atoms with Crippen LogP contribution in [0.4, 0.5) is 4.39 Å². The van der Waals surface area contributed by atoms with Crippen LogP contribution in [0.15, 0.2) is 84.0 Å². The highest BCUT2D eigenvalue weighted by atomic mass is 35.5. The van der Waals surface area contributed by atoms with Crippen LogP contribution in [0.1, 0.15) is 28.1 Å². The minimum absolute atomic E-state index is 0.128. The van der Waals surface area contributed by atoms with Crippen molar-refractivity contribution in [2.45, 2.75) is 26.9 Å². The molecule has 1 heterocycles. The summed E-state index contributed by atoms with van der Waals surface area (Å²) in [4.78, 5) is 12.1. The Morgan fingerprint density at radius 2 is 1.66 bits per heavy atom. The molecule has 7 heteroatoms. The van der Waals surface area contributed by atoms with Gasteiger partial charge >= 0.3 is 0 Å². The third kappa shape index (κ3) is 6.37. The molecule has 0 atom stereocenters. The molecule has 0 spiro atoms. The van der Waals surface area contributed by atoms with Crippen LogP contribution in [0.5, 0.6) is 5.75 Å². The van der Waals surface area contributed by atoms with Crippen molar-refractivity contribution in [2.75, 3.05) is 0 Å². The van der Waals surface area contributed by atoms with Gasteiger partial charge in [-0.3, -0.25) is 4.79 Å². The molecule has 4 rings (SSSR count). The molecule has 0 aliphatic rings. The van der Waals surface area contributed by atoms with E-state index in [2.05, 4.69) is 15.1 Å². The van der Waals surface area contributed by atoms with Crippen molar-refractivity contribution in [3.63, 3.8) is 0 Å². The molecule has 1 amide bonds. The highest BCUT2D eigenvalue weighted by Gasteiger charge is 2.10. The Morgan fingerprint density at radius 1 is 1.00 bits per heavy atom. The predicted octanol–water partition coefficient (Wildman–Crippen LogP) is 6.16. The molecule has 178 valence electrons. The Hall–Kier alpha value is -3.90. The van der Waals surface area contributed by atoms with Crippen LogP contribution in [0, 0.1) is 19.7 Å². The first-order valence-electron chi connectivity index (χ1n) is 11.1. The molecule has 0 aliphatic heterocycles. The molecule has 0 saturated heterocycles. The predicted molar refractivity (Wildman–Crippen MR) is 137 cm³/mol. The molecule has 3 aromatic carbocycles. The number of carbonyl (C=O) groups excluding carboxylic acids is 1. The molecule has 0 unspecified atom stereocenters. The number of benzene rings is 3. The quantitative estimate of drug-likeness (QED) is 0.238. The first-order chi connectivity index (χ1) is 16.9. The van der Waals surface area contributed by atoms with Gasteiger partial charge < -0.3 is 9.30 Å². The van der Waals surface area contributed by atoms with Crippen molar-refractivity contribution in [1.29, 1.82) is 0 Å². The van der Waals surface area contributed by atoms with E-state index in [1.807, 2.05) is 68.4 Å². The number of hydrazone groups is 1. The van der Waals surface area contributed by atoms with Gasteiger partial charge in [0.05, 0.1) is 12.6 Å². The highest BCUT2D eigenvalue weighted by molar-refractivity contribution is 6.30. The van der Waals surface area contributed by atoms with E-state index in [4.69, 9.17) is 16.3 Å². The van der Waals surface area contributed by atoms with Crippen molar-refractivity contribution < 1.29 is 13.9 Å². The lowest BCUT2D eigenvalue weighted by atomic mass is 10.1. The van der Waals surface area contributed by atoms with Crippen LogP contribution >= 0.6 is 11.6 Å². The summed E-state index contributed by atoms with van der Waals surface area (Å²) < 4.78 is 21.0. The summed E-state index contributed by atoms with van der Waals surface area (Å²) in [6.45, 7) is 4.48. The Labute approximate surface area is 208 Å².